The maximum Gasteiger partial charge on any atom is 0.259 e. The molecule has 1 N–H and O–H groups in total. The van der Waals surface area contributed by atoms with E-state index in [1.807, 2.05) is 31.2 Å². The standard InChI is InChI=1S/C20H21N3O2/c1-11(2)14-5-4-6-15(9-14)21-19(24)16-10-17(13-7-8-13)22-20-18(16)12(3)23-25-20/h4-6,9-11,13H,7-8H2,1-3H3,(H,21,24). The second-order valence-electron chi connectivity index (χ2n) is 7.05. The number of nitrogens with one attached hydrogen (secondary N) is 1. The van der Waals surface area contributed by atoms with Gasteiger partial charge in [-0.3, -0.25) is 4.79 Å². The van der Waals surface area contributed by atoms with Gasteiger partial charge in [-0.15, -0.1) is 0 Å². The maximum absolute atomic E-state index is 12.9. The molecule has 0 aliphatic heterocycles. The number of rotatable bonds is 4. The predicted octanol–water partition coefficient (Wildman–Crippen LogP) is 4.78. The van der Waals surface area contributed by atoms with E-state index >= 15 is 0 Å². The predicted molar refractivity (Wildman–Crippen MR) is 97.0 cm³/mol. The number of carbonyl (C=O) groups excluding carboxylic acids is 1. The Labute approximate surface area is 146 Å². The summed E-state index contributed by atoms with van der Waals surface area (Å²) < 4.78 is 5.32. The van der Waals surface area contributed by atoms with Crippen LogP contribution in [0.3, 0.4) is 0 Å². The van der Waals surface area contributed by atoms with Gasteiger partial charge in [-0.1, -0.05) is 31.1 Å². The molecular weight excluding hydrogens is 314 g/mol. The third kappa shape index (κ3) is 3.02. The molecule has 1 aliphatic rings. The average Bonchev–Trinajstić information content (AvgIpc) is 3.38. The molecule has 5 heteroatoms. The number of carbonyl (C=O) groups is 1. The quantitative estimate of drug-likeness (QED) is 0.744. The lowest BCUT2D eigenvalue weighted by molar-refractivity contribution is 0.102. The van der Waals surface area contributed by atoms with Crippen molar-refractivity contribution in [2.24, 2.45) is 0 Å². The van der Waals surface area contributed by atoms with E-state index in [0.29, 0.717) is 34.2 Å². The van der Waals surface area contributed by atoms with Crippen molar-refractivity contribution in [2.45, 2.75) is 45.4 Å². The van der Waals surface area contributed by atoms with Crippen LogP contribution in [0.2, 0.25) is 0 Å². The van der Waals surface area contributed by atoms with Gasteiger partial charge in [0.25, 0.3) is 11.6 Å². The Morgan fingerprint density at radius 2 is 2.08 bits per heavy atom. The SMILES string of the molecule is Cc1noc2nc(C3CC3)cc(C(=O)Nc3cccc(C(C)C)c3)c12. The highest BCUT2D eigenvalue weighted by molar-refractivity contribution is 6.12. The molecule has 3 aromatic rings. The molecular formula is C20H21N3O2. The first-order valence-corrected chi connectivity index (χ1v) is 8.71. The van der Waals surface area contributed by atoms with Crippen LogP contribution in [0.1, 0.15) is 65.8 Å². The molecule has 0 radical (unpaired) electrons. The number of benzene rings is 1. The second-order valence-corrected chi connectivity index (χ2v) is 7.05. The van der Waals surface area contributed by atoms with Gasteiger partial charge in [0.2, 0.25) is 0 Å². The lowest BCUT2D eigenvalue weighted by atomic mass is 10.0. The van der Waals surface area contributed by atoms with Crippen LogP contribution >= 0.6 is 0 Å². The van der Waals surface area contributed by atoms with E-state index in [1.54, 1.807) is 0 Å². The zero-order valence-electron chi connectivity index (χ0n) is 14.7. The highest BCUT2D eigenvalue weighted by atomic mass is 16.5. The molecule has 25 heavy (non-hydrogen) atoms. The first-order chi connectivity index (χ1) is 12.0. The highest BCUT2D eigenvalue weighted by Gasteiger charge is 2.28. The van der Waals surface area contributed by atoms with Crippen LogP contribution in [0.4, 0.5) is 5.69 Å². The summed E-state index contributed by atoms with van der Waals surface area (Å²) in [5.41, 5.74) is 4.62. The molecule has 0 unspecified atom stereocenters. The van der Waals surface area contributed by atoms with Gasteiger partial charge in [0.1, 0.15) is 0 Å². The molecule has 4 rings (SSSR count). The normalized spacial score (nSPS) is 14.2. The van der Waals surface area contributed by atoms with Crippen LogP contribution in [-0.4, -0.2) is 16.0 Å². The number of aromatic nitrogens is 2. The lowest BCUT2D eigenvalue weighted by Gasteiger charge is -2.10. The van der Waals surface area contributed by atoms with Crippen molar-refractivity contribution < 1.29 is 9.32 Å². The number of hydrogen-bond acceptors (Lipinski definition) is 4. The van der Waals surface area contributed by atoms with Crippen LogP contribution in [0, 0.1) is 6.92 Å². The molecule has 1 amide bonds. The van der Waals surface area contributed by atoms with Crippen LogP contribution in [-0.2, 0) is 0 Å². The maximum atomic E-state index is 12.9. The number of aryl methyl sites for hydroxylation is 1. The lowest BCUT2D eigenvalue weighted by Crippen LogP contribution is -2.13. The van der Waals surface area contributed by atoms with E-state index in [-0.39, 0.29) is 5.91 Å². The summed E-state index contributed by atoms with van der Waals surface area (Å²) in [6.45, 7) is 6.10. The average molecular weight is 335 g/mol. The summed E-state index contributed by atoms with van der Waals surface area (Å²) in [5, 5.41) is 7.70. The first-order valence-electron chi connectivity index (χ1n) is 8.71. The first kappa shape index (κ1) is 15.8. The van der Waals surface area contributed by atoms with Gasteiger partial charge in [-0.25, -0.2) is 4.98 Å². The number of anilines is 1. The zero-order valence-corrected chi connectivity index (χ0v) is 14.7. The third-order valence-electron chi connectivity index (χ3n) is 4.69. The number of amides is 1. The van der Waals surface area contributed by atoms with Crippen molar-refractivity contribution in [1.29, 1.82) is 0 Å². The van der Waals surface area contributed by atoms with Crippen molar-refractivity contribution in [3.05, 3.63) is 52.8 Å². The topological polar surface area (TPSA) is 68.0 Å². The molecule has 0 bridgehead atoms. The summed E-state index contributed by atoms with van der Waals surface area (Å²) in [4.78, 5) is 17.5. The number of hydrogen-bond donors (Lipinski definition) is 1. The molecule has 0 saturated heterocycles. The van der Waals surface area contributed by atoms with Gasteiger partial charge in [-0.05, 0) is 49.4 Å². The smallest absolute Gasteiger partial charge is 0.259 e. The van der Waals surface area contributed by atoms with Gasteiger partial charge in [0.05, 0.1) is 16.6 Å². The molecule has 1 aromatic carbocycles. The number of fused-ring (bicyclic) bond motifs is 1. The molecule has 5 nitrogen and oxygen atoms in total. The van der Waals surface area contributed by atoms with Crippen molar-refractivity contribution in [2.75, 3.05) is 5.32 Å². The molecule has 0 atom stereocenters. The van der Waals surface area contributed by atoms with Crippen molar-refractivity contribution in [3.63, 3.8) is 0 Å². The molecule has 0 spiro atoms. The van der Waals surface area contributed by atoms with Crippen LogP contribution in [0.15, 0.2) is 34.9 Å². The summed E-state index contributed by atoms with van der Waals surface area (Å²) >= 11 is 0. The summed E-state index contributed by atoms with van der Waals surface area (Å²) in [6.07, 6.45) is 2.23. The summed E-state index contributed by atoms with van der Waals surface area (Å²) in [6, 6.07) is 9.85. The zero-order chi connectivity index (χ0) is 17.6. The Balaban J connectivity index is 1.72. The Morgan fingerprint density at radius 1 is 1.28 bits per heavy atom. The van der Waals surface area contributed by atoms with E-state index < -0.39 is 0 Å². The second kappa shape index (κ2) is 5.99. The fourth-order valence-electron chi connectivity index (χ4n) is 3.06. The number of pyridine rings is 1. The van der Waals surface area contributed by atoms with Gasteiger partial charge in [0, 0.05) is 17.3 Å². The van der Waals surface area contributed by atoms with Crippen LogP contribution < -0.4 is 5.32 Å². The fourth-order valence-corrected chi connectivity index (χ4v) is 3.06. The molecule has 1 aliphatic carbocycles. The summed E-state index contributed by atoms with van der Waals surface area (Å²) in [7, 11) is 0. The van der Waals surface area contributed by atoms with Gasteiger partial charge < -0.3 is 9.84 Å². The molecule has 2 heterocycles. The van der Waals surface area contributed by atoms with Gasteiger partial charge in [0.15, 0.2) is 0 Å². The molecule has 1 saturated carbocycles. The Bertz CT molecular complexity index is 955. The molecule has 128 valence electrons. The summed E-state index contributed by atoms with van der Waals surface area (Å²) in [5.74, 6) is 0.693. The van der Waals surface area contributed by atoms with E-state index in [0.717, 1.165) is 24.2 Å². The largest absolute Gasteiger partial charge is 0.336 e. The molecule has 2 aromatic heterocycles. The monoisotopic (exact) mass is 335 g/mol. The van der Waals surface area contributed by atoms with Crippen molar-refractivity contribution in [3.8, 4) is 0 Å². The third-order valence-corrected chi connectivity index (χ3v) is 4.69. The Morgan fingerprint density at radius 3 is 2.80 bits per heavy atom. The fraction of sp³-hybridized carbons (Fsp3) is 0.350. The highest BCUT2D eigenvalue weighted by Crippen LogP contribution is 2.40. The van der Waals surface area contributed by atoms with Crippen molar-refractivity contribution in [1.82, 2.24) is 10.1 Å². The van der Waals surface area contributed by atoms with E-state index in [2.05, 4.69) is 35.4 Å². The van der Waals surface area contributed by atoms with Crippen LogP contribution in [0.5, 0.6) is 0 Å². The Kier molecular flexibility index (Phi) is 3.79. The molecule has 1 fully saturated rings. The number of nitrogens with zero attached hydrogens (tertiary/aromatic N) is 2. The van der Waals surface area contributed by atoms with E-state index in [9.17, 15) is 4.79 Å². The van der Waals surface area contributed by atoms with Crippen LogP contribution in [0.25, 0.3) is 11.1 Å². The van der Waals surface area contributed by atoms with Gasteiger partial charge >= 0.3 is 0 Å². The van der Waals surface area contributed by atoms with Crippen molar-refractivity contribution >= 4 is 22.7 Å². The Hall–Kier alpha value is -2.69. The minimum absolute atomic E-state index is 0.151. The van der Waals surface area contributed by atoms with E-state index in [4.69, 9.17) is 4.52 Å². The van der Waals surface area contributed by atoms with E-state index in [1.165, 1.54) is 5.56 Å². The minimum Gasteiger partial charge on any atom is -0.336 e. The minimum atomic E-state index is -0.151. The van der Waals surface area contributed by atoms with Gasteiger partial charge in [-0.2, -0.15) is 0 Å².